The minimum atomic E-state index is -0.869. The predicted octanol–water partition coefficient (Wildman–Crippen LogP) is 3.21. The van der Waals surface area contributed by atoms with E-state index in [1.807, 2.05) is 31.2 Å². The summed E-state index contributed by atoms with van der Waals surface area (Å²) >= 11 is 0. The fraction of sp³-hybridized carbons (Fsp3) is 0.562. The van der Waals surface area contributed by atoms with E-state index in [1.165, 1.54) is 0 Å². The van der Waals surface area contributed by atoms with Crippen LogP contribution >= 0.6 is 0 Å². The maximum Gasteiger partial charge on any atom is 0.323 e. The van der Waals surface area contributed by atoms with Gasteiger partial charge in [-0.15, -0.1) is 0 Å². The van der Waals surface area contributed by atoms with Crippen LogP contribution in [0.15, 0.2) is 24.3 Å². The Bertz CT molecular complexity index is 416. The molecule has 112 valence electrons. The second kappa shape index (κ2) is 7.90. The highest BCUT2D eigenvalue weighted by Crippen LogP contribution is 2.16. The Balaban J connectivity index is 2.58. The Morgan fingerprint density at radius 3 is 2.40 bits per heavy atom. The van der Waals surface area contributed by atoms with Gasteiger partial charge in [-0.05, 0) is 37.5 Å². The molecule has 4 nitrogen and oxygen atoms in total. The summed E-state index contributed by atoms with van der Waals surface area (Å²) in [6, 6.07) is 7.77. The number of benzene rings is 1. The van der Waals surface area contributed by atoms with Gasteiger partial charge >= 0.3 is 5.97 Å². The maximum absolute atomic E-state index is 11.3. The molecule has 1 atom stereocenters. The van der Waals surface area contributed by atoms with Gasteiger partial charge in [-0.3, -0.25) is 10.1 Å². The van der Waals surface area contributed by atoms with Crippen molar-refractivity contribution < 1.29 is 14.6 Å². The van der Waals surface area contributed by atoms with Gasteiger partial charge in [-0.2, -0.15) is 0 Å². The third-order valence-electron chi connectivity index (χ3n) is 3.30. The van der Waals surface area contributed by atoms with Crippen LogP contribution in [-0.4, -0.2) is 23.2 Å². The van der Waals surface area contributed by atoms with Gasteiger partial charge < -0.3 is 9.84 Å². The van der Waals surface area contributed by atoms with Gasteiger partial charge in [0.25, 0.3) is 0 Å². The quantitative estimate of drug-likeness (QED) is 0.728. The largest absolute Gasteiger partial charge is 0.494 e. The van der Waals surface area contributed by atoms with Crippen molar-refractivity contribution in [3.8, 4) is 5.75 Å². The summed E-state index contributed by atoms with van der Waals surface area (Å²) in [6.07, 6.45) is 2.43. The monoisotopic (exact) mass is 279 g/mol. The molecule has 0 aliphatic rings. The minimum absolute atomic E-state index is 0.539. The molecule has 1 rings (SSSR count). The summed E-state index contributed by atoms with van der Waals surface area (Å²) < 4.78 is 5.52. The lowest BCUT2D eigenvalue weighted by atomic mass is 9.96. The number of carboxylic acids is 1. The first-order chi connectivity index (χ1) is 9.51. The van der Waals surface area contributed by atoms with Crippen molar-refractivity contribution >= 4 is 5.97 Å². The van der Waals surface area contributed by atoms with Crippen molar-refractivity contribution in [1.82, 2.24) is 5.32 Å². The average molecular weight is 279 g/mol. The van der Waals surface area contributed by atoms with Crippen molar-refractivity contribution in [3.63, 3.8) is 0 Å². The number of hydrogen-bond acceptors (Lipinski definition) is 3. The topological polar surface area (TPSA) is 58.6 Å². The molecule has 0 aliphatic carbocycles. The molecule has 4 heteroatoms. The van der Waals surface area contributed by atoms with Gasteiger partial charge in [-0.25, -0.2) is 0 Å². The standard InChI is InChI=1S/C16H25NO3/c1-4-10-16(3,15(18)19)17-12-13-6-8-14(9-7-13)20-11-5-2/h6-9,17H,4-5,10-12H2,1-3H3,(H,18,19). The third-order valence-corrected chi connectivity index (χ3v) is 3.30. The first-order valence-corrected chi connectivity index (χ1v) is 7.22. The van der Waals surface area contributed by atoms with Crippen LogP contribution in [0.5, 0.6) is 5.75 Å². The molecule has 0 aromatic heterocycles. The molecule has 1 aromatic rings. The number of nitrogens with one attached hydrogen (secondary N) is 1. The van der Waals surface area contributed by atoms with Crippen molar-refractivity contribution in [3.05, 3.63) is 29.8 Å². The highest BCUT2D eigenvalue weighted by Gasteiger charge is 2.31. The summed E-state index contributed by atoms with van der Waals surface area (Å²) in [4.78, 5) is 11.3. The zero-order valence-corrected chi connectivity index (χ0v) is 12.6. The summed E-state index contributed by atoms with van der Waals surface area (Å²) in [6.45, 7) is 7.04. The SMILES string of the molecule is CCCOc1ccc(CNC(C)(CCC)C(=O)O)cc1. The molecule has 0 spiro atoms. The Kier molecular flexibility index (Phi) is 6.52. The van der Waals surface area contributed by atoms with E-state index in [9.17, 15) is 9.90 Å². The van der Waals surface area contributed by atoms with Gasteiger partial charge in [0.05, 0.1) is 6.61 Å². The molecule has 0 radical (unpaired) electrons. The fourth-order valence-electron chi connectivity index (χ4n) is 1.99. The van der Waals surface area contributed by atoms with Gasteiger partial charge in [0.15, 0.2) is 0 Å². The van der Waals surface area contributed by atoms with E-state index < -0.39 is 11.5 Å². The second-order valence-corrected chi connectivity index (χ2v) is 5.23. The highest BCUT2D eigenvalue weighted by molar-refractivity contribution is 5.78. The molecule has 0 amide bonds. The number of carboxylic acid groups (broad SMARTS) is 1. The first kappa shape index (κ1) is 16.5. The molecule has 1 aromatic carbocycles. The van der Waals surface area contributed by atoms with Gasteiger partial charge in [-0.1, -0.05) is 32.4 Å². The van der Waals surface area contributed by atoms with Crippen LogP contribution in [0, 0.1) is 0 Å². The second-order valence-electron chi connectivity index (χ2n) is 5.23. The normalized spacial score (nSPS) is 13.8. The molecule has 0 heterocycles. The molecule has 0 saturated carbocycles. The van der Waals surface area contributed by atoms with Crippen molar-refractivity contribution in [2.45, 2.75) is 52.1 Å². The number of aliphatic carboxylic acids is 1. The van der Waals surface area contributed by atoms with Crippen LogP contribution in [0.2, 0.25) is 0 Å². The maximum atomic E-state index is 11.3. The Hall–Kier alpha value is -1.55. The number of rotatable bonds is 9. The summed E-state index contributed by atoms with van der Waals surface area (Å²) in [7, 11) is 0. The van der Waals surface area contributed by atoms with Crippen molar-refractivity contribution in [2.75, 3.05) is 6.61 Å². The molecule has 0 bridgehead atoms. The Morgan fingerprint density at radius 2 is 1.90 bits per heavy atom. The van der Waals surface area contributed by atoms with Gasteiger partial charge in [0.1, 0.15) is 11.3 Å². The van der Waals surface area contributed by atoms with E-state index in [0.29, 0.717) is 19.6 Å². The van der Waals surface area contributed by atoms with Crippen LogP contribution in [0.4, 0.5) is 0 Å². The van der Waals surface area contributed by atoms with Crippen LogP contribution in [0.25, 0.3) is 0 Å². The summed E-state index contributed by atoms with van der Waals surface area (Å²) in [5.74, 6) is 0.0485. The van der Waals surface area contributed by atoms with Crippen LogP contribution in [-0.2, 0) is 11.3 Å². The number of hydrogen-bond donors (Lipinski definition) is 2. The van der Waals surface area contributed by atoms with E-state index in [2.05, 4.69) is 12.2 Å². The highest BCUT2D eigenvalue weighted by atomic mass is 16.5. The van der Waals surface area contributed by atoms with E-state index >= 15 is 0 Å². The number of carbonyl (C=O) groups is 1. The molecule has 1 unspecified atom stereocenters. The molecule has 0 saturated heterocycles. The van der Waals surface area contributed by atoms with Gasteiger partial charge in [0, 0.05) is 6.54 Å². The van der Waals surface area contributed by atoms with E-state index in [0.717, 1.165) is 24.2 Å². The van der Waals surface area contributed by atoms with Crippen molar-refractivity contribution in [2.24, 2.45) is 0 Å². The fourth-order valence-corrected chi connectivity index (χ4v) is 1.99. The zero-order chi connectivity index (χ0) is 15.0. The summed E-state index contributed by atoms with van der Waals surface area (Å²) in [5, 5.41) is 12.4. The molecule has 0 fully saturated rings. The van der Waals surface area contributed by atoms with Crippen LogP contribution in [0.3, 0.4) is 0 Å². The lowest BCUT2D eigenvalue weighted by Crippen LogP contribution is -2.48. The molecular weight excluding hydrogens is 254 g/mol. The lowest BCUT2D eigenvalue weighted by molar-refractivity contribution is -0.144. The van der Waals surface area contributed by atoms with E-state index in [1.54, 1.807) is 6.92 Å². The molecule has 0 aliphatic heterocycles. The molecular formula is C16H25NO3. The zero-order valence-electron chi connectivity index (χ0n) is 12.6. The van der Waals surface area contributed by atoms with E-state index in [-0.39, 0.29) is 0 Å². The van der Waals surface area contributed by atoms with E-state index in [4.69, 9.17) is 4.74 Å². The predicted molar refractivity (Wildman–Crippen MR) is 80.0 cm³/mol. The van der Waals surface area contributed by atoms with Crippen molar-refractivity contribution in [1.29, 1.82) is 0 Å². The minimum Gasteiger partial charge on any atom is -0.494 e. The first-order valence-electron chi connectivity index (χ1n) is 7.22. The summed E-state index contributed by atoms with van der Waals surface area (Å²) in [5.41, 5.74) is 0.184. The Morgan fingerprint density at radius 1 is 1.25 bits per heavy atom. The number of ether oxygens (including phenoxy) is 1. The third kappa shape index (κ3) is 4.85. The molecule has 2 N–H and O–H groups in total. The smallest absolute Gasteiger partial charge is 0.323 e. The lowest BCUT2D eigenvalue weighted by Gasteiger charge is -2.26. The molecule has 20 heavy (non-hydrogen) atoms. The van der Waals surface area contributed by atoms with Crippen LogP contribution < -0.4 is 10.1 Å². The van der Waals surface area contributed by atoms with Crippen LogP contribution in [0.1, 0.15) is 45.6 Å². The van der Waals surface area contributed by atoms with Gasteiger partial charge in [0.2, 0.25) is 0 Å². The Labute approximate surface area is 121 Å². The average Bonchev–Trinajstić information content (AvgIpc) is 2.44.